The summed E-state index contributed by atoms with van der Waals surface area (Å²) in [5, 5.41) is 12.3. The summed E-state index contributed by atoms with van der Waals surface area (Å²) in [5.41, 5.74) is -0.527. The largest absolute Gasteiger partial charge is 0.395 e. The summed E-state index contributed by atoms with van der Waals surface area (Å²) in [5.74, 6) is 0.0540. The van der Waals surface area contributed by atoms with E-state index in [0.29, 0.717) is 13.1 Å². The van der Waals surface area contributed by atoms with E-state index in [1.165, 1.54) is 0 Å². The van der Waals surface area contributed by atoms with Crippen LogP contribution in [0.4, 0.5) is 0 Å². The molecule has 0 radical (unpaired) electrons. The van der Waals surface area contributed by atoms with Gasteiger partial charge in [0, 0.05) is 39.3 Å². The molecule has 0 bridgehead atoms. The summed E-state index contributed by atoms with van der Waals surface area (Å²) in [6, 6.07) is 0. The first kappa shape index (κ1) is 15.1. The number of carbonyl (C=O) groups excluding carboxylic acids is 1. The Balaban J connectivity index is 2.73. The Morgan fingerprint density at radius 3 is 2.61 bits per heavy atom. The van der Waals surface area contributed by atoms with E-state index in [2.05, 4.69) is 16.8 Å². The van der Waals surface area contributed by atoms with Gasteiger partial charge in [-0.1, -0.05) is 6.08 Å². The van der Waals surface area contributed by atoms with Gasteiger partial charge in [-0.15, -0.1) is 6.58 Å². The van der Waals surface area contributed by atoms with Gasteiger partial charge >= 0.3 is 0 Å². The van der Waals surface area contributed by atoms with Gasteiger partial charge in [-0.25, -0.2) is 0 Å². The van der Waals surface area contributed by atoms with Gasteiger partial charge in [0.15, 0.2) is 0 Å². The molecule has 104 valence electrons. The Morgan fingerprint density at radius 1 is 1.50 bits per heavy atom. The van der Waals surface area contributed by atoms with E-state index in [1.807, 2.05) is 13.8 Å². The van der Waals surface area contributed by atoms with E-state index in [-0.39, 0.29) is 12.5 Å². The SMILES string of the molecule is C=CCN(CCO)C(=O)C(C)(C)N1CCNCC1. The number of nitrogens with zero attached hydrogens (tertiary/aromatic N) is 2. The monoisotopic (exact) mass is 255 g/mol. The second kappa shape index (κ2) is 6.87. The van der Waals surface area contributed by atoms with Crippen molar-refractivity contribution in [3.63, 3.8) is 0 Å². The van der Waals surface area contributed by atoms with Crippen LogP contribution in [0.5, 0.6) is 0 Å². The minimum absolute atomic E-state index is 0.0167. The molecule has 0 aliphatic carbocycles. The number of aliphatic hydroxyl groups excluding tert-OH is 1. The van der Waals surface area contributed by atoms with Crippen LogP contribution in [-0.2, 0) is 4.79 Å². The lowest BCUT2D eigenvalue weighted by atomic mass is 9.99. The average Bonchev–Trinajstić information content (AvgIpc) is 2.38. The van der Waals surface area contributed by atoms with Gasteiger partial charge in [0.1, 0.15) is 0 Å². The highest BCUT2D eigenvalue weighted by atomic mass is 16.3. The molecule has 0 atom stereocenters. The molecular formula is C13H25N3O2. The second-order valence-electron chi connectivity index (χ2n) is 5.06. The fourth-order valence-electron chi connectivity index (χ4n) is 2.30. The van der Waals surface area contributed by atoms with E-state index in [9.17, 15) is 4.79 Å². The first-order chi connectivity index (χ1) is 8.54. The van der Waals surface area contributed by atoms with Gasteiger partial charge < -0.3 is 15.3 Å². The van der Waals surface area contributed by atoms with E-state index in [0.717, 1.165) is 26.2 Å². The molecule has 1 saturated heterocycles. The molecule has 1 fully saturated rings. The highest BCUT2D eigenvalue weighted by Gasteiger charge is 2.37. The van der Waals surface area contributed by atoms with Crippen LogP contribution in [0.25, 0.3) is 0 Å². The van der Waals surface area contributed by atoms with Gasteiger partial charge in [-0.05, 0) is 13.8 Å². The highest BCUT2D eigenvalue weighted by Crippen LogP contribution is 2.18. The Morgan fingerprint density at radius 2 is 2.11 bits per heavy atom. The maximum Gasteiger partial charge on any atom is 0.242 e. The molecule has 0 saturated carbocycles. The molecule has 5 heteroatoms. The van der Waals surface area contributed by atoms with Gasteiger partial charge in [0.25, 0.3) is 0 Å². The number of amides is 1. The predicted octanol–water partition coefficient (Wildman–Crippen LogP) is -0.323. The summed E-state index contributed by atoms with van der Waals surface area (Å²) >= 11 is 0. The summed E-state index contributed by atoms with van der Waals surface area (Å²) in [4.78, 5) is 16.4. The molecule has 0 unspecified atom stereocenters. The molecule has 1 amide bonds. The zero-order valence-electron chi connectivity index (χ0n) is 11.5. The van der Waals surface area contributed by atoms with E-state index in [4.69, 9.17) is 5.11 Å². The van der Waals surface area contributed by atoms with Crippen molar-refractivity contribution < 1.29 is 9.90 Å². The molecule has 0 spiro atoms. The Bertz CT molecular complexity index is 286. The van der Waals surface area contributed by atoms with Gasteiger partial charge in [0.05, 0.1) is 12.1 Å². The molecule has 0 aromatic heterocycles. The van der Waals surface area contributed by atoms with E-state index >= 15 is 0 Å². The first-order valence-electron chi connectivity index (χ1n) is 6.51. The Kier molecular flexibility index (Phi) is 5.78. The molecule has 5 nitrogen and oxygen atoms in total. The molecule has 1 rings (SSSR count). The van der Waals surface area contributed by atoms with Gasteiger partial charge in [0.2, 0.25) is 5.91 Å². The van der Waals surface area contributed by atoms with E-state index in [1.54, 1.807) is 11.0 Å². The van der Waals surface area contributed by atoms with Crippen molar-refractivity contribution in [1.82, 2.24) is 15.1 Å². The quantitative estimate of drug-likeness (QED) is 0.639. The van der Waals surface area contributed by atoms with Gasteiger partial charge in [-0.3, -0.25) is 9.69 Å². The Labute approximate surface area is 109 Å². The number of aliphatic hydroxyl groups is 1. The lowest BCUT2D eigenvalue weighted by molar-refractivity contribution is -0.143. The number of piperazine rings is 1. The third kappa shape index (κ3) is 3.54. The molecule has 1 heterocycles. The maximum atomic E-state index is 12.5. The number of carbonyl (C=O) groups is 1. The Hall–Kier alpha value is -0.910. The van der Waals surface area contributed by atoms with Crippen LogP contribution in [0.2, 0.25) is 0 Å². The molecule has 0 aromatic rings. The molecule has 2 N–H and O–H groups in total. The van der Waals surface area contributed by atoms with E-state index < -0.39 is 5.54 Å². The van der Waals surface area contributed by atoms with Gasteiger partial charge in [-0.2, -0.15) is 0 Å². The van der Waals surface area contributed by atoms with Crippen LogP contribution in [0, 0.1) is 0 Å². The average molecular weight is 255 g/mol. The molecular weight excluding hydrogens is 230 g/mol. The summed E-state index contributed by atoms with van der Waals surface area (Å²) in [6.45, 7) is 12.0. The van der Waals surface area contributed by atoms with Crippen molar-refractivity contribution in [2.24, 2.45) is 0 Å². The number of rotatable bonds is 6. The highest BCUT2D eigenvalue weighted by molar-refractivity contribution is 5.85. The first-order valence-corrected chi connectivity index (χ1v) is 6.51. The number of hydrogen-bond acceptors (Lipinski definition) is 4. The van der Waals surface area contributed by atoms with Crippen LogP contribution >= 0.6 is 0 Å². The molecule has 18 heavy (non-hydrogen) atoms. The predicted molar refractivity (Wildman–Crippen MR) is 72.4 cm³/mol. The maximum absolute atomic E-state index is 12.5. The van der Waals surface area contributed by atoms with Crippen molar-refractivity contribution in [2.45, 2.75) is 19.4 Å². The lowest BCUT2D eigenvalue weighted by Gasteiger charge is -2.42. The lowest BCUT2D eigenvalue weighted by Crippen LogP contribution is -2.60. The third-order valence-electron chi connectivity index (χ3n) is 3.44. The van der Waals surface area contributed by atoms with Crippen LogP contribution < -0.4 is 5.32 Å². The van der Waals surface area contributed by atoms with Crippen molar-refractivity contribution in [2.75, 3.05) is 45.9 Å². The molecule has 1 aliphatic rings. The summed E-state index contributed by atoms with van der Waals surface area (Å²) < 4.78 is 0. The summed E-state index contributed by atoms with van der Waals surface area (Å²) in [7, 11) is 0. The normalized spacial score (nSPS) is 17.5. The smallest absolute Gasteiger partial charge is 0.242 e. The number of nitrogens with one attached hydrogen (secondary N) is 1. The third-order valence-corrected chi connectivity index (χ3v) is 3.44. The van der Waals surface area contributed by atoms with Crippen molar-refractivity contribution in [3.8, 4) is 0 Å². The van der Waals surface area contributed by atoms with Crippen molar-refractivity contribution in [3.05, 3.63) is 12.7 Å². The molecule has 0 aromatic carbocycles. The topological polar surface area (TPSA) is 55.8 Å². The second-order valence-corrected chi connectivity index (χ2v) is 5.06. The van der Waals surface area contributed by atoms with Crippen LogP contribution in [0.15, 0.2) is 12.7 Å². The zero-order valence-corrected chi connectivity index (χ0v) is 11.5. The summed E-state index contributed by atoms with van der Waals surface area (Å²) in [6.07, 6.45) is 1.70. The van der Waals surface area contributed by atoms with Crippen LogP contribution in [0.1, 0.15) is 13.8 Å². The fourth-order valence-corrected chi connectivity index (χ4v) is 2.30. The van der Waals surface area contributed by atoms with Crippen LogP contribution in [0.3, 0.4) is 0 Å². The number of hydrogen-bond donors (Lipinski definition) is 2. The minimum atomic E-state index is -0.527. The fraction of sp³-hybridized carbons (Fsp3) is 0.769. The molecule has 1 aliphatic heterocycles. The minimum Gasteiger partial charge on any atom is -0.395 e. The zero-order chi connectivity index (χ0) is 13.6. The van der Waals surface area contributed by atoms with Crippen molar-refractivity contribution >= 4 is 5.91 Å². The standard InChI is InChI=1S/C13H25N3O2/c1-4-7-15(10-11-17)12(18)13(2,3)16-8-5-14-6-9-16/h4,14,17H,1,5-11H2,2-3H3. The van der Waals surface area contributed by atoms with Crippen LogP contribution in [-0.4, -0.2) is 72.2 Å². The van der Waals surface area contributed by atoms with Crippen molar-refractivity contribution in [1.29, 1.82) is 0 Å².